The minimum Gasteiger partial charge on any atom is -0.464 e. The summed E-state index contributed by atoms with van der Waals surface area (Å²) < 4.78 is 5.47. The minimum absolute atomic E-state index is 0.125. The Labute approximate surface area is 210 Å². The van der Waals surface area contributed by atoms with Gasteiger partial charge in [-0.1, -0.05) is 30.3 Å². The summed E-state index contributed by atoms with van der Waals surface area (Å²) in [6.07, 6.45) is 5.23. The zero-order valence-corrected chi connectivity index (χ0v) is 20.3. The van der Waals surface area contributed by atoms with E-state index in [0.29, 0.717) is 18.4 Å². The van der Waals surface area contributed by atoms with E-state index in [9.17, 15) is 9.59 Å². The molecule has 2 amide bonds. The highest BCUT2D eigenvalue weighted by atomic mass is 16.3. The number of nitrogens with zero attached hydrogens (tertiary/aromatic N) is 3. The Morgan fingerprint density at radius 1 is 1.00 bits per heavy atom. The first-order chi connectivity index (χ1) is 17.6. The van der Waals surface area contributed by atoms with Gasteiger partial charge in [-0.05, 0) is 68.1 Å². The van der Waals surface area contributed by atoms with Crippen molar-refractivity contribution >= 4 is 28.6 Å². The highest BCUT2D eigenvalue weighted by Crippen LogP contribution is 2.37. The lowest BCUT2D eigenvalue weighted by Gasteiger charge is -2.41. The van der Waals surface area contributed by atoms with E-state index in [4.69, 9.17) is 9.41 Å². The number of aliphatic imine (C=N–C) groups is 1. The summed E-state index contributed by atoms with van der Waals surface area (Å²) in [5.41, 5.74) is 3.44. The van der Waals surface area contributed by atoms with E-state index in [1.807, 2.05) is 21.9 Å². The SMILES string of the molecule is O=C(C1CC1)N1CC(CN2C(=O)C3(CCNCC3)N=C2c2ccc(-c3ccc4occc4c3)cc2)C1. The first-order valence-corrected chi connectivity index (χ1v) is 13.1. The van der Waals surface area contributed by atoms with E-state index < -0.39 is 5.54 Å². The Hall–Kier alpha value is -3.45. The van der Waals surface area contributed by atoms with Crippen molar-refractivity contribution in [2.75, 3.05) is 32.7 Å². The Bertz CT molecular complexity index is 1360. The molecule has 0 atom stereocenters. The smallest absolute Gasteiger partial charge is 0.256 e. The fraction of sp³-hybridized carbons (Fsp3) is 0.414. The summed E-state index contributed by atoms with van der Waals surface area (Å²) in [4.78, 5) is 35.1. The summed E-state index contributed by atoms with van der Waals surface area (Å²) >= 11 is 0. The molecule has 1 saturated carbocycles. The Kier molecular flexibility index (Phi) is 5.03. The van der Waals surface area contributed by atoms with Gasteiger partial charge in [-0.25, -0.2) is 0 Å². The lowest BCUT2D eigenvalue weighted by molar-refractivity contribution is -0.140. The van der Waals surface area contributed by atoms with Gasteiger partial charge in [-0.2, -0.15) is 0 Å². The van der Waals surface area contributed by atoms with Gasteiger partial charge in [0.2, 0.25) is 5.91 Å². The molecule has 1 aliphatic carbocycles. The van der Waals surface area contributed by atoms with Crippen LogP contribution in [0.15, 0.2) is 64.2 Å². The number of nitrogens with one attached hydrogen (secondary N) is 1. The van der Waals surface area contributed by atoms with Gasteiger partial charge in [0.1, 0.15) is 17.0 Å². The molecule has 2 aromatic carbocycles. The Balaban J connectivity index is 1.14. The molecule has 1 aromatic heterocycles. The normalized spacial score (nSPS) is 21.8. The maximum Gasteiger partial charge on any atom is 0.256 e. The van der Waals surface area contributed by atoms with Crippen LogP contribution < -0.4 is 5.32 Å². The molecule has 4 aliphatic rings. The van der Waals surface area contributed by atoms with E-state index in [1.165, 1.54) is 0 Å². The average molecular weight is 483 g/mol. The van der Waals surface area contributed by atoms with E-state index in [0.717, 1.165) is 85.4 Å². The first kappa shape index (κ1) is 21.8. The molecule has 36 heavy (non-hydrogen) atoms. The van der Waals surface area contributed by atoms with Crippen molar-refractivity contribution in [2.45, 2.75) is 31.2 Å². The van der Waals surface area contributed by atoms with Crippen molar-refractivity contribution < 1.29 is 14.0 Å². The Morgan fingerprint density at radius 3 is 2.47 bits per heavy atom. The second-order valence-electron chi connectivity index (χ2n) is 10.8. The number of amides is 2. The van der Waals surface area contributed by atoms with E-state index in [2.05, 4.69) is 41.7 Å². The number of fused-ring (bicyclic) bond motifs is 1. The third-order valence-corrected chi connectivity index (χ3v) is 8.21. The number of benzene rings is 2. The molecule has 0 unspecified atom stereocenters. The van der Waals surface area contributed by atoms with Gasteiger partial charge in [0.15, 0.2) is 0 Å². The molecule has 3 aromatic rings. The number of piperidine rings is 1. The topological polar surface area (TPSA) is 78.2 Å². The van der Waals surface area contributed by atoms with Crippen molar-refractivity contribution in [3.8, 4) is 11.1 Å². The lowest BCUT2D eigenvalue weighted by Crippen LogP contribution is -2.56. The highest BCUT2D eigenvalue weighted by molar-refractivity contribution is 6.15. The number of likely N-dealkylation sites (tertiary alicyclic amines) is 1. The van der Waals surface area contributed by atoms with Crippen LogP contribution in [0.3, 0.4) is 0 Å². The standard InChI is InChI=1S/C29H30N4O3/c34-27(22-5-6-22)32-16-19(17-32)18-33-26(31-29(28(33)35)10-12-30-13-11-29)21-3-1-20(2-4-21)23-7-8-25-24(15-23)9-14-36-25/h1-4,7-9,14-15,19,22,30H,5-6,10-13,16-18H2. The van der Waals surface area contributed by atoms with Crippen molar-refractivity contribution in [3.63, 3.8) is 0 Å². The molecular weight excluding hydrogens is 452 g/mol. The molecule has 4 heterocycles. The monoisotopic (exact) mass is 482 g/mol. The third kappa shape index (κ3) is 3.64. The molecule has 2 saturated heterocycles. The number of furan rings is 1. The van der Waals surface area contributed by atoms with Crippen LogP contribution in [0.2, 0.25) is 0 Å². The summed E-state index contributed by atoms with van der Waals surface area (Å²) in [5.74, 6) is 1.76. The maximum absolute atomic E-state index is 13.8. The van der Waals surface area contributed by atoms with Gasteiger partial charge in [-0.3, -0.25) is 19.5 Å². The Morgan fingerprint density at radius 2 is 1.72 bits per heavy atom. The van der Waals surface area contributed by atoms with Crippen LogP contribution in [-0.4, -0.2) is 65.7 Å². The molecule has 1 spiro atoms. The van der Waals surface area contributed by atoms with Gasteiger partial charge in [0.05, 0.1) is 6.26 Å². The highest BCUT2D eigenvalue weighted by Gasteiger charge is 2.50. The second-order valence-corrected chi connectivity index (χ2v) is 10.8. The summed E-state index contributed by atoms with van der Waals surface area (Å²) in [6.45, 7) is 3.73. The van der Waals surface area contributed by atoms with Crippen LogP contribution >= 0.6 is 0 Å². The van der Waals surface area contributed by atoms with Crippen LogP contribution in [0.1, 0.15) is 31.2 Å². The maximum atomic E-state index is 13.8. The van der Waals surface area contributed by atoms with Gasteiger partial charge >= 0.3 is 0 Å². The molecule has 3 fully saturated rings. The zero-order valence-electron chi connectivity index (χ0n) is 20.3. The quantitative estimate of drug-likeness (QED) is 0.602. The molecular formula is C29H30N4O3. The average Bonchev–Trinajstić information content (AvgIpc) is 3.58. The van der Waals surface area contributed by atoms with Crippen molar-refractivity contribution in [2.24, 2.45) is 16.8 Å². The van der Waals surface area contributed by atoms with Crippen LogP contribution in [-0.2, 0) is 9.59 Å². The number of hydrogen-bond acceptors (Lipinski definition) is 5. The fourth-order valence-corrected chi connectivity index (χ4v) is 5.88. The van der Waals surface area contributed by atoms with Crippen LogP contribution in [0, 0.1) is 11.8 Å². The van der Waals surface area contributed by atoms with Gasteiger partial charge < -0.3 is 14.6 Å². The van der Waals surface area contributed by atoms with Gasteiger partial charge in [0.25, 0.3) is 5.91 Å². The van der Waals surface area contributed by atoms with Crippen LogP contribution in [0.5, 0.6) is 0 Å². The molecule has 0 bridgehead atoms. The molecule has 0 radical (unpaired) electrons. The van der Waals surface area contributed by atoms with Crippen molar-refractivity contribution in [3.05, 3.63) is 60.4 Å². The number of amidine groups is 1. The summed E-state index contributed by atoms with van der Waals surface area (Å²) in [7, 11) is 0. The number of carbonyl (C=O) groups excluding carboxylic acids is 2. The molecule has 7 rings (SSSR count). The number of hydrogen-bond donors (Lipinski definition) is 1. The van der Waals surface area contributed by atoms with Crippen molar-refractivity contribution in [1.82, 2.24) is 15.1 Å². The minimum atomic E-state index is -0.654. The van der Waals surface area contributed by atoms with Crippen LogP contribution in [0.25, 0.3) is 22.1 Å². The van der Waals surface area contributed by atoms with E-state index >= 15 is 0 Å². The van der Waals surface area contributed by atoms with E-state index in [-0.39, 0.29) is 11.8 Å². The van der Waals surface area contributed by atoms with Crippen LogP contribution in [0.4, 0.5) is 0 Å². The molecule has 3 aliphatic heterocycles. The van der Waals surface area contributed by atoms with E-state index in [1.54, 1.807) is 6.26 Å². The predicted octanol–water partition coefficient (Wildman–Crippen LogP) is 3.68. The molecule has 7 heteroatoms. The van der Waals surface area contributed by atoms with Gasteiger partial charge in [0, 0.05) is 42.4 Å². The zero-order chi connectivity index (χ0) is 24.3. The lowest BCUT2D eigenvalue weighted by atomic mass is 9.88. The first-order valence-electron chi connectivity index (χ1n) is 13.1. The van der Waals surface area contributed by atoms with Gasteiger partial charge in [-0.15, -0.1) is 0 Å². The summed E-state index contributed by atoms with van der Waals surface area (Å²) in [6, 6.07) is 16.5. The third-order valence-electron chi connectivity index (χ3n) is 8.21. The molecule has 7 nitrogen and oxygen atoms in total. The van der Waals surface area contributed by atoms with Crippen molar-refractivity contribution in [1.29, 1.82) is 0 Å². The number of carbonyl (C=O) groups is 2. The second kappa shape index (κ2) is 8.30. The molecule has 1 N–H and O–H groups in total. The molecule has 184 valence electrons. The predicted molar refractivity (Wildman–Crippen MR) is 138 cm³/mol. The largest absolute Gasteiger partial charge is 0.464 e. The fourth-order valence-electron chi connectivity index (χ4n) is 5.88. The summed E-state index contributed by atoms with van der Waals surface area (Å²) in [5, 5.41) is 4.45. The number of rotatable bonds is 5.